The van der Waals surface area contributed by atoms with Crippen LogP contribution in [0.4, 0.5) is 0 Å². The third-order valence-corrected chi connectivity index (χ3v) is 5.72. The quantitative estimate of drug-likeness (QED) is 0.473. The summed E-state index contributed by atoms with van der Waals surface area (Å²) in [6.07, 6.45) is 7.02. The summed E-state index contributed by atoms with van der Waals surface area (Å²) in [4.78, 5) is 27.7. The lowest BCUT2D eigenvalue weighted by atomic mass is 9.97. The Morgan fingerprint density at radius 1 is 1.03 bits per heavy atom. The first-order chi connectivity index (χ1) is 16.5. The Kier molecular flexibility index (Phi) is 6.78. The second kappa shape index (κ2) is 10.1. The lowest BCUT2D eigenvalue weighted by Crippen LogP contribution is -2.54. The maximum Gasteiger partial charge on any atom is 0.277 e. The van der Waals surface area contributed by atoms with Crippen LogP contribution in [0.5, 0.6) is 5.75 Å². The summed E-state index contributed by atoms with van der Waals surface area (Å²) in [5, 5.41) is 2.01. The van der Waals surface area contributed by atoms with Crippen LogP contribution >= 0.6 is 0 Å². The Labute approximate surface area is 199 Å². The zero-order valence-electron chi connectivity index (χ0n) is 19.1. The van der Waals surface area contributed by atoms with Gasteiger partial charge in [-0.25, -0.2) is 0 Å². The van der Waals surface area contributed by atoms with Crippen molar-refractivity contribution >= 4 is 5.91 Å². The van der Waals surface area contributed by atoms with Crippen LogP contribution in [-0.4, -0.2) is 29.2 Å². The maximum absolute atomic E-state index is 13.3. The van der Waals surface area contributed by atoms with E-state index < -0.39 is 0 Å². The van der Waals surface area contributed by atoms with E-state index >= 15 is 0 Å². The molecule has 0 radical (unpaired) electrons. The minimum absolute atomic E-state index is 0.0348. The molecule has 2 aromatic carbocycles. The van der Waals surface area contributed by atoms with Gasteiger partial charge in [-0.3, -0.25) is 19.3 Å². The van der Waals surface area contributed by atoms with Gasteiger partial charge in [-0.1, -0.05) is 92.0 Å². The number of amides is 1. The molecular weight excluding hydrogens is 426 g/mol. The molecule has 0 fully saturated rings. The average Bonchev–Trinajstić information content (AvgIpc) is 2.87. The molecule has 0 saturated carbocycles. The fourth-order valence-electron chi connectivity index (χ4n) is 4.10. The zero-order chi connectivity index (χ0) is 24.1. The van der Waals surface area contributed by atoms with Gasteiger partial charge < -0.3 is 9.64 Å². The van der Waals surface area contributed by atoms with Crippen molar-refractivity contribution in [3.63, 3.8) is 0 Å². The third kappa shape index (κ3) is 4.43. The van der Waals surface area contributed by atoms with Gasteiger partial charge in [0, 0.05) is 19.3 Å². The molecule has 1 amide bonds. The first-order valence-corrected chi connectivity index (χ1v) is 11.0. The molecule has 2 heterocycles. The lowest BCUT2D eigenvalue weighted by Gasteiger charge is -2.43. The van der Waals surface area contributed by atoms with Gasteiger partial charge in [0.25, 0.3) is 5.91 Å². The second-order valence-corrected chi connectivity index (χ2v) is 7.98. The van der Waals surface area contributed by atoms with E-state index in [0.717, 1.165) is 16.7 Å². The van der Waals surface area contributed by atoms with Crippen molar-refractivity contribution in [2.24, 2.45) is 0 Å². The SMILES string of the molecule is C=C/C=C(\C=C)C(c1ccccc1)N1CN(C)C(=O)c2c(OCc3ccccc3)c(=O)ccn21. The topological polar surface area (TPSA) is 54.8 Å². The highest BCUT2D eigenvalue weighted by Gasteiger charge is 2.35. The largest absolute Gasteiger partial charge is 0.482 e. The molecule has 6 nitrogen and oxygen atoms in total. The fraction of sp³-hybridized carbons (Fsp3) is 0.143. The number of aromatic nitrogens is 1. The van der Waals surface area contributed by atoms with Gasteiger partial charge >= 0.3 is 0 Å². The van der Waals surface area contributed by atoms with Gasteiger partial charge in [-0.2, -0.15) is 0 Å². The Balaban J connectivity index is 1.85. The molecule has 34 heavy (non-hydrogen) atoms. The van der Waals surface area contributed by atoms with E-state index in [1.807, 2.05) is 71.7 Å². The monoisotopic (exact) mass is 453 g/mol. The molecule has 1 aliphatic rings. The predicted molar refractivity (Wildman–Crippen MR) is 134 cm³/mol. The van der Waals surface area contributed by atoms with Crippen molar-refractivity contribution in [3.8, 4) is 5.75 Å². The highest BCUT2D eigenvalue weighted by molar-refractivity contribution is 5.96. The van der Waals surface area contributed by atoms with Gasteiger partial charge in [0.2, 0.25) is 5.43 Å². The Morgan fingerprint density at radius 2 is 1.71 bits per heavy atom. The number of hydrogen-bond donors (Lipinski definition) is 0. The molecule has 1 unspecified atom stereocenters. The van der Waals surface area contributed by atoms with Crippen molar-refractivity contribution in [2.75, 3.05) is 18.7 Å². The molecule has 3 aromatic rings. The Bertz CT molecular complexity index is 1280. The van der Waals surface area contributed by atoms with E-state index in [1.54, 1.807) is 35.0 Å². The number of benzene rings is 2. The van der Waals surface area contributed by atoms with Crippen LogP contribution in [-0.2, 0) is 6.61 Å². The van der Waals surface area contributed by atoms with Crippen LogP contribution < -0.4 is 15.2 Å². The minimum Gasteiger partial charge on any atom is -0.482 e. The van der Waals surface area contributed by atoms with Gasteiger partial charge in [-0.15, -0.1) is 0 Å². The number of carbonyl (C=O) groups is 1. The lowest BCUT2D eigenvalue weighted by molar-refractivity contribution is 0.0723. The molecule has 0 aliphatic carbocycles. The van der Waals surface area contributed by atoms with Crippen molar-refractivity contribution in [1.29, 1.82) is 0 Å². The van der Waals surface area contributed by atoms with Gasteiger partial charge in [0.1, 0.15) is 13.3 Å². The molecule has 1 aromatic heterocycles. The van der Waals surface area contributed by atoms with Gasteiger partial charge in [0.15, 0.2) is 11.4 Å². The van der Waals surface area contributed by atoms with Gasteiger partial charge in [0.05, 0.1) is 6.04 Å². The van der Waals surface area contributed by atoms with Crippen LogP contribution in [0.2, 0.25) is 0 Å². The second-order valence-electron chi connectivity index (χ2n) is 7.98. The molecular formula is C28H27N3O3. The third-order valence-electron chi connectivity index (χ3n) is 5.72. The van der Waals surface area contributed by atoms with Crippen molar-refractivity contribution < 1.29 is 9.53 Å². The first kappa shape index (κ1) is 22.9. The highest BCUT2D eigenvalue weighted by Crippen LogP contribution is 2.32. The number of rotatable bonds is 8. The summed E-state index contributed by atoms with van der Waals surface area (Å²) in [5.41, 5.74) is 2.67. The molecule has 6 heteroatoms. The van der Waals surface area contributed by atoms with E-state index in [1.165, 1.54) is 6.07 Å². The molecule has 1 aliphatic heterocycles. The summed E-state index contributed by atoms with van der Waals surface area (Å²) in [6, 6.07) is 20.6. The summed E-state index contributed by atoms with van der Waals surface area (Å²) >= 11 is 0. The fourth-order valence-corrected chi connectivity index (χ4v) is 4.10. The highest BCUT2D eigenvalue weighted by atomic mass is 16.5. The normalized spacial score (nSPS) is 14.4. The van der Waals surface area contributed by atoms with Crippen molar-refractivity contribution in [3.05, 3.63) is 137 Å². The molecule has 4 rings (SSSR count). The number of pyridine rings is 1. The van der Waals surface area contributed by atoms with E-state index in [2.05, 4.69) is 13.2 Å². The van der Waals surface area contributed by atoms with Crippen LogP contribution in [0.1, 0.15) is 27.7 Å². The van der Waals surface area contributed by atoms with E-state index in [9.17, 15) is 9.59 Å². The van der Waals surface area contributed by atoms with E-state index in [4.69, 9.17) is 4.74 Å². The van der Waals surface area contributed by atoms with Crippen molar-refractivity contribution in [2.45, 2.75) is 12.6 Å². The van der Waals surface area contributed by atoms with E-state index in [0.29, 0.717) is 6.67 Å². The summed E-state index contributed by atoms with van der Waals surface area (Å²) < 4.78 is 7.67. The number of allylic oxidation sites excluding steroid dienone is 2. The predicted octanol–water partition coefficient (Wildman–Crippen LogP) is 4.45. The summed E-state index contributed by atoms with van der Waals surface area (Å²) in [6.45, 7) is 8.32. The smallest absolute Gasteiger partial charge is 0.277 e. The molecule has 0 spiro atoms. The number of carbonyl (C=O) groups excluding carboxylic acids is 1. The molecule has 1 atom stereocenters. The van der Waals surface area contributed by atoms with Crippen LogP contribution in [0.3, 0.4) is 0 Å². The molecule has 0 bridgehead atoms. The number of nitrogens with zero attached hydrogens (tertiary/aromatic N) is 3. The zero-order valence-corrected chi connectivity index (χ0v) is 19.1. The number of hydrogen-bond acceptors (Lipinski definition) is 4. The number of fused-ring (bicyclic) bond motifs is 1. The van der Waals surface area contributed by atoms with Crippen molar-refractivity contribution in [1.82, 2.24) is 9.58 Å². The molecule has 0 N–H and O–H groups in total. The standard InChI is InChI=1S/C28H27N3O3/c1-4-12-22(5-2)25(23-15-10-7-11-16-23)31-20-29(3)28(33)26-27(24(32)17-18-30(26)31)34-19-21-13-8-6-9-14-21/h4-18,25H,1-2,19-20H2,3H3/b22-12+. The molecule has 172 valence electrons. The Morgan fingerprint density at radius 3 is 2.35 bits per heavy atom. The van der Waals surface area contributed by atoms with Crippen LogP contribution in [0, 0.1) is 0 Å². The average molecular weight is 454 g/mol. The van der Waals surface area contributed by atoms with Crippen LogP contribution in [0.15, 0.2) is 115 Å². The van der Waals surface area contributed by atoms with Gasteiger partial charge in [-0.05, 0) is 16.7 Å². The summed E-state index contributed by atoms with van der Waals surface area (Å²) in [7, 11) is 1.71. The van der Waals surface area contributed by atoms with Crippen LogP contribution in [0.25, 0.3) is 0 Å². The minimum atomic E-state index is -0.340. The molecule has 0 saturated heterocycles. The summed E-state index contributed by atoms with van der Waals surface area (Å²) in [5.74, 6) is -0.246. The van der Waals surface area contributed by atoms with E-state index in [-0.39, 0.29) is 35.4 Å². The number of ether oxygens (including phenoxy) is 1. The maximum atomic E-state index is 13.3. The first-order valence-electron chi connectivity index (χ1n) is 11.0. The Hall–Kier alpha value is -4.32.